The molecule has 22 heavy (non-hydrogen) atoms. The van der Waals surface area contributed by atoms with E-state index in [1.54, 1.807) is 0 Å². The van der Waals surface area contributed by atoms with Crippen molar-refractivity contribution in [3.8, 4) is 11.1 Å². The molecule has 0 atom stereocenters. The maximum absolute atomic E-state index is 2.40. The van der Waals surface area contributed by atoms with Crippen LogP contribution in [0.2, 0.25) is 0 Å². The number of hydrogen-bond donors (Lipinski definition) is 0. The molecule has 1 fully saturated rings. The second-order valence-corrected chi connectivity index (χ2v) is 7.40. The van der Waals surface area contributed by atoms with Crippen molar-refractivity contribution < 1.29 is 0 Å². The summed E-state index contributed by atoms with van der Waals surface area (Å²) in [4.78, 5) is 0. The highest BCUT2D eigenvalue weighted by molar-refractivity contribution is 5.65. The lowest BCUT2D eigenvalue weighted by Crippen LogP contribution is -2.14. The van der Waals surface area contributed by atoms with Gasteiger partial charge in [0, 0.05) is 0 Å². The summed E-state index contributed by atoms with van der Waals surface area (Å²) in [5.41, 5.74) is 6.88. The Morgan fingerprint density at radius 1 is 0.773 bits per heavy atom. The van der Waals surface area contributed by atoms with Crippen LogP contribution >= 0.6 is 0 Å². The van der Waals surface area contributed by atoms with E-state index in [0.29, 0.717) is 0 Å². The zero-order valence-electron chi connectivity index (χ0n) is 14.2. The van der Waals surface area contributed by atoms with Gasteiger partial charge in [-0.25, -0.2) is 0 Å². The largest absolute Gasteiger partial charge is 0.0625 e. The van der Waals surface area contributed by atoms with E-state index >= 15 is 0 Å². The molecule has 0 radical (unpaired) electrons. The minimum atomic E-state index is 0.906. The Balaban J connectivity index is 1.70. The Morgan fingerprint density at radius 3 is 1.95 bits per heavy atom. The summed E-state index contributed by atoms with van der Waals surface area (Å²) in [5.74, 6) is 1.85. The first-order chi connectivity index (χ1) is 10.6. The molecule has 1 aliphatic carbocycles. The molecule has 1 saturated carbocycles. The number of aryl methyl sites for hydroxylation is 2. The predicted molar refractivity (Wildman–Crippen MR) is 96.2 cm³/mol. The summed E-state index contributed by atoms with van der Waals surface area (Å²) in [6.07, 6.45) is 6.94. The van der Waals surface area contributed by atoms with Crippen LogP contribution in [0.1, 0.15) is 49.3 Å². The van der Waals surface area contributed by atoms with Crippen LogP contribution in [-0.4, -0.2) is 0 Å². The molecule has 0 aliphatic heterocycles. The van der Waals surface area contributed by atoms with E-state index in [0.717, 1.165) is 11.8 Å². The van der Waals surface area contributed by atoms with Crippen LogP contribution < -0.4 is 0 Å². The lowest BCUT2D eigenvalue weighted by atomic mass is 9.80. The van der Waals surface area contributed by atoms with Gasteiger partial charge in [0.1, 0.15) is 0 Å². The average Bonchev–Trinajstić information content (AvgIpc) is 2.49. The van der Waals surface area contributed by atoms with Crippen LogP contribution in [0, 0.1) is 25.7 Å². The van der Waals surface area contributed by atoms with E-state index in [4.69, 9.17) is 0 Å². The Labute approximate surface area is 135 Å². The predicted octanol–water partition coefficient (Wildman–Crippen LogP) is 6.34. The normalized spacial score (nSPS) is 21.8. The lowest BCUT2D eigenvalue weighted by Gasteiger charge is -2.26. The minimum absolute atomic E-state index is 0.906. The zero-order valence-corrected chi connectivity index (χ0v) is 14.2. The van der Waals surface area contributed by atoms with Crippen LogP contribution in [0.3, 0.4) is 0 Å². The van der Waals surface area contributed by atoms with Gasteiger partial charge in [-0.05, 0) is 61.6 Å². The highest BCUT2D eigenvalue weighted by Crippen LogP contribution is 2.31. The quantitative estimate of drug-likeness (QED) is 0.619. The van der Waals surface area contributed by atoms with Crippen molar-refractivity contribution in [2.45, 2.75) is 52.9 Å². The summed E-state index contributed by atoms with van der Waals surface area (Å²) in [6, 6.07) is 16.1. The van der Waals surface area contributed by atoms with E-state index in [2.05, 4.69) is 63.2 Å². The molecular weight excluding hydrogens is 264 g/mol. The van der Waals surface area contributed by atoms with Crippen LogP contribution in [0.4, 0.5) is 0 Å². The first-order valence-electron chi connectivity index (χ1n) is 8.78. The Kier molecular flexibility index (Phi) is 4.66. The fourth-order valence-electron chi connectivity index (χ4n) is 3.84. The smallest absolute Gasteiger partial charge is 0.0179 e. The summed E-state index contributed by atoms with van der Waals surface area (Å²) >= 11 is 0. The molecule has 0 aromatic heterocycles. The second kappa shape index (κ2) is 6.69. The number of benzene rings is 2. The molecule has 0 heterocycles. The number of rotatable bonds is 3. The van der Waals surface area contributed by atoms with Gasteiger partial charge in [0.05, 0.1) is 0 Å². The van der Waals surface area contributed by atoms with E-state index in [-0.39, 0.29) is 0 Å². The molecule has 2 aromatic rings. The van der Waals surface area contributed by atoms with Crippen LogP contribution in [0.25, 0.3) is 11.1 Å². The molecule has 0 amide bonds. The molecule has 0 spiro atoms. The van der Waals surface area contributed by atoms with Crippen molar-refractivity contribution in [1.82, 2.24) is 0 Å². The third-order valence-electron chi connectivity index (χ3n) is 5.17. The Morgan fingerprint density at radius 2 is 1.36 bits per heavy atom. The highest BCUT2D eigenvalue weighted by atomic mass is 14.2. The van der Waals surface area contributed by atoms with Crippen LogP contribution in [0.5, 0.6) is 0 Å². The number of hydrogen-bond acceptors (Lipinski definition) is 0. The van der Waals surface area contributed by atoms with Gasteiger partial charge >= 0.3 is 0 Å². The van der Waals surface area contributed by atoms with Crippen molar-refractivity contribution in [2.75, 3.05) is 0 Å². The molecule has 0 bridgehead atoms. The zero-order chi connectivity index (χ0) is 15.5. The molecule has 1 aliphatic rings. The lowest BCUT2D eigenvalue weighted by molar-refractivity contribution is 0.289. The van der Waals surface area contributed by atoms with Gasteiger partial charge < -0.3 is 0 Å². The third kappa shape index (κ3) is 3.80. The fraction of sp³-hybridized carbons (Fsp3) is 0.455. The van der Waals surface area contributed by atoms with Crippen molar-refractivity contribution in [1.29, 1.82) is 0 Å². The summed E-state index contributed by atoms with van der Waals surface area (Å²) in [6.45, 7) is 6.75. The molecule has 0 saturated heterocycles. The monoisotopic (exact) mass is 292 g/mol. The molecule has 0 unspecified atom stereocenters. The van der Waals surface area contributed by atoms with Gasteiger partial charge in [-0.1, -0.05) is 73.4 Å². The van der Waals surface area contributed by atoms with E-state index in [9.17, 15) is 0 Å². The maximum atomic E-state index is 2.40. The second-order valence-electron chi connectivity index (χ2n) is 7.40. The van der Waals surface area contributed by atoms with Crippen molar-refractivity contribution in [3.63, 3.8) is 0 Å². The van der Waals surface area contributed by atoms with Crippen molar-refractivity contribution >= 4 is 0 Å². The molecule has 3 rings (SSSR count). The summed E-state index contributed by atoms with van der Waals surface area (Å²) in [7, 11) is 0. The topological polar surface area (TPSA) is 0 Å². The third-order valence-corrected chi connectivity index (χ3v) is 5.17. The van der Waals surface area contributed by atoms with E-state index in [1.807, 2.05) is 0 Å². The standard InChI is InChI=1S/C22H28/c1-16-4-6-19(7-5-16)15-20-8-10-21(11-9-20)22-13-17(2)12-18(3)14-22/h8-14,16,19H,4-7,15H2,1-3H3. The fourth-order valence-corrected chi connectivity index (χ4v) is 3.84. The van der Waals surface area contributed by atoms with Gasteiger partial charge in [0.15, 0.2) is 0 Å². The molecule has 0 nitrogen and oxygen atoms in total. The van der Waals surface area contributed by atoms with Crippen LogP contribution in [-0.2, 0) is 6.42 Å². The van der Waals surface area contributed by atoms with Gasteiger partial charge in [0.2, 0.25) is 0 Å². The summed E-state index contributed by atoms with van der Waals surface area (Å²) in [5, 5.41) is 0. The molecule has 0 heteroatoms. The van der Waals surface area contributed by atoms with E-state index in [1.165, 1.54) is 59.9 Å². The Hall–Kier alpha value is -1.56. The molecule has 0 N–H and O–H groups in total. The van der Waals surface area contributed by atoms with Crippen molar-refractivity contribution in [3.05, 3.63) is 59.2 Å². The molecule has 116 valence electrons. The van der Waals surface area contributed by atoms with Gasteiger partial charge in [-0.15, -0.1) is 0 Å². The SMILES string of the molecule is Cc1cc(C)cc(-c2ccc(CC3CCC(C)CC3)cc2)c1. The highest BCUT2D eigenvalue weighted by Gasteiger charge is 2.18. The van der Waals surface area contributed by atoms with Gasteiger partial charge in [-0.3, -0.25) is 0 Å². The maximum Gasteiger partial charge on any atom is -0.0179 e. The average molecular weight is 292 g/mol. The van der Waals surface area contributed by atoms with Gasteiger partial charge in [-0.2, -0.15) is 0 Å². The molecule has 2 aromatic carbocycles. The van der Waals surface area contributed by atoms with Gasteiger partial charge in [0.25, 0.3) is 0 Å². The molecular formula is C22H28. The summed E-state index contributed by atoms with van der Waals surface area (Å²) < 4.78 is 0. The first-order valence-corrected chi connectivity index (χ1v) is 8.78. The minimum Gasteiger partial charge on any atom is -0.0625 e. The van der Waals surface area contributed by atoms with Crippen molar-refractivity contribution in [2.24, 2.45) is 11.8 Å². The Bertz CT molecular complexity index is 593. The van der Waals surface area contributed by atoms with Crippen LogP contribution in [0.15, 0.2) is 42.5 Å². The first kappa shape index (κ1) is 15.3. The van der Waals surface area contributed by atoms with E-state index < -0.39 is 0 Å².